The Kier molecular flexibility index (Phi) is 6.72. The smallest absolute Gasteiger partial charge is 0.242 e. The Hall–Kier alpha value is -1.96. The maximum atomic E-state index is 12.3. The first-order valence-corrected chi connectivity index (χ1v) is 8.60. The summed E-state index contributed by atoms with van der Waals surface area (Å²) in [5.74, 6) is -0.441. The van der Waals surface area contributed by atoms with Crippen LogP contribution in [0.25, 0.3) is 0 Å². The van der Waals surface area contributed by atoms with Gasteiger partial charge in [-0.1, -0.05) is 0 Å². The third-order valence-electron chi connectivity index (χ3n) is 4.65. The summed E-state index contributed by atoms with van der Waals surface area (Å²) < 4.78 is 0. The van der Waals surface area contributed by atoms with Crippen LogP contribution < -0.4 is 11.1 Å². The number of nitrogens with two attached hydrogens (primary N) is 1. The molecule has 3 N–H and O–H groups in total. The molecule has 0 spiro atoms. The fourth-order valence-corrected chi connectivity index (χ4v) is 3.40. The highest BCUT2D eigenvalue weighted by Crippen LogP contribution is 2.19. The van der Waals surface area contributed by atoms with Gasteiger partial charge in [0.05, 0.1) is 6.04 Å². The Bertz CT molecular complexity index is 496. The van der Waals surface area contributed by atoms with Crippen molar-refractivity contribution in [3.63, 3.8) is 0 Å². The molecular weight excluding hydrogens is 312 g/mol. The molecular formula is C16H26N4O4. The zero-order chi connectivity index (χ0) is 17.5. The monoisotopic (exact) mass is 338 g/mol. The number of hydrogen-bond donors (Lipinski definition) is 2. The van der Waals surface area contributed by atoms with Gasteiger partial charge in [0.15, 0.2) is 0 Å². The van der Waals surface area contributed by atoms with E-state index in [1.165, 1.54) is 0 Å². The third kappa shape index (κ3) is 4.31. The number of likely N-dealkylation sites (tertiary alicyclic amines) is 2. The van der Waals surface area contributed by atoms with Gasteiger partial charge in [-0.15, -0.1) is 0 Å². The second-order valence-corrected chi connectivity index (χ2v) is 6.26. The lowest BCUT2D eigenvalue weighted by atomic mass is 10.2. The Labute approximate surface area is 141 Å². The second-order valence-electron chi connectivity index (χ2n) is 6.26. The van der Waals surface area contributed by atoms with Crippen molar-refractivity contribution in [1.82, 2.24) is 15.1 Å². The first kappa shape index (κ1) is 18.4. The second kappa shape index (κ2) is 8.77. The van der Waals surface area contributed by atoms with E-state index in [9.17, 15) is 19.2 Å². The van der Waals surface area contributed by atoms with E-state index in [-0.39, 0.29) is 49.7 Å². The predicted octanol–water partition coefficient (Wildman–Crippen LogP) is -0.978. The van der Waals surface area contributed by atoms with Crippen LogP contribution in [0.4, 0.5) is 0 Å². The molecule has 2 heterocycles. The number of nitrogens with zero attached hydrogens (tertiary/aromatic N) is 2. The summed E-state index contributed by atoms with van der Waals surface area (Å²) in [6, 6.07) is -0.791. The SMILES string of the molecule is NCCC(=O)N1CCC[C@H]1C(=O)NCCC(=O)N1CCC[C@H]1C=O. The van der Waals surface area contributed by atoms with Crippen LogP contribution in [0.5, 0.6) is 0 Å². The summed E-state index contributed by atoms with van der Waals surface area (Å²) in [4.78, 5) is 50.4. The maximum Gasteiger partial charge on any atom is 0.242 e. The van der Waals surface area contributed by atoms with Gasteiger partial charge in [0, 0.05) is 39.0 Å². The topological polar surface area (TPSA) is 113 Å². The van der Waals surface area contributed by atoms with Crippen molar-refractivity contribution in [3.05, 3.63) is 0 Å². The summed E-state index contributed by atoms with van der Waals surface area (Å²) in [5.41, 5.74) is 5.40. The van der Waals surface area contributed by atoms with E-state index in [0.717, 1.165) is 19.1 Å². The first-order valence-electron chi connectivity index (χ1n) is 8.60. The highest BCUT2D eigenvalue weighted by molar-refractivity contribution is 5.88. The number of carbonyl (C=O) groups is 4. The van der Waals surface area contributed by atoms with Crippen molar-refractivity contribution in [2.45, 2.75) is 50.6 Å². The van der Waals surface area contributed by atoms with Crippen LogP contribution in [-0.4, -0.2) is 72.1 Å². The van der Waals surface area contributed by atoms with Crippen LogP contribution in [-0.2, 0) is 19.2 Å². The van der Waals surface area contributed by atoms with Gasteiger partial charge in [0.1, 0.15) is 12.3 Å². The quantitative estimate of drug-likeness (QED) is 0.580. The molecule has 0 aromatic carbocycles. The molecule has 2 atom stereocenters. The summed E-state index contributed by atoms with van der Waals surface area (Å²) in [7, 11) is 0. The van der Waals surface area contributed by atoms with Crippen molar-refractivity contribution in [1.29, 1.82) is 0 Å². The van der Waals surface area contributed by atoms with Crippen LogP contribution in [0.2, 0.25) is 0 Å². The molecule has 0 radical (unpaired) electrons. The van der Waals surface area contributed by atoms with Gasteiger partial charge in [-0.05, 0) is 25.7 Å². The van der Waals surface area contributed by atoms with Crippen LogP contribution in [0.15, 0.2) is 0 Å². The maximum absolute atomic E-state index is 12.3. The molecule has 0 bridgehead atoms. The molecule has 0 saturated carbocycles. The molecule has 3 amide bonds. The zero-order valence-corrected chi connectivity index (χ0v) is 13.9. The number of hydrogen-bond acceptors (Lipinski definition) is 5. The van der Waals surface area contributed by atoms with Gasteiger partial charge in [0.2, 0.25) is 17.7 Å². The van der Waals surface area contributed by atoms with Gasteiger partial charge >= 0.3 is 0 Å². The van der Waals surface area contributed by atoms with Gasteiger partial charge in [0.25, 0.3) is 0 Å². The largest absolute Gasteiger partial charge is 0.354 e. The minimum atomic E-state index is -0.464. The molecule has 8 nitrogen and oxygen atoms in total. The third-order valence-corrected chi connectivity index (χ3v) is 4.65. The van der Waals surface area contributed by atoms with E-state index in [0.29, 0.717) is 25.9 Å². The molecule has 24 heavy (non-hydrogen) atoms. The van der Waals surface area contributed by atoms with Gasteiger partial charge in [-0.25, -0.2) is 0 Å². The van der Waals surface area contributed by atoms with Crippen molar-refractivity contribution in [2.24, 2.45) is 5.73 Å². The van der Waals surface area contributed by atoms with Crippen molar-refractivity contribution >= 4 is 24.0 Å². The predicted molar refractivity (Wildman–Crippen MR) is 86.8 cm³/mol. The summed E-state index contributed by atoms with van der Waals surface area (Å²) in [6.45, 7) is 1.66. The van der Waals surface area contributed by atoms with E-state index < -0.39 is 6.04 Å². The highest BCUT2D eigenvalue weighted by Gasteiger charge is 2.33. The molecule has 2 fully saturated rings. The molecule has 0 aromatic rings. The van der Waals surface area contributed by atoms with Crippen molar-refractivity contribution in [2.75, 3.05) is 26.2 Å². The number of amides is 3. The van der Waals surface area contributed by atoms with Crippen LogP contribution in [0.1, 0.15) is 38.5 Å². The Morgan fingerprint density at radius 1 is 1.04 bits per heavy atom. The van der Waals surface area contributed by atoms with E-state index in [1.807, 2.05) is 0 Å². The highest BCUT2D eigenvalue weighted by atomic mass is 16.2. The van der Waals surface area contributed by atoms with Crippen molar-refractivity contribution < 1.29 is 19.2 Å². The molecule has 134 valence electrons. The van der Waals surface area contributed by atoms with E-state index in [2.05, 4.69) is 5.32 Å². The van der Waals surface area contributed by atoms with Crippen LogP contribution in [0.3, 0.4) is 0 Å². The Balaban J connectivity index is 1.77. The average molecular weight is 338 g/mol. The number of carbonyl (C=O) groups excluding carboxylic acids is 4. The van der Waals surface area contributed by atoms with Crippen LogP contribution in [0, 0.1) is 0 Å². The normalized spacial score (nSPS) is 23.4. The van der Waals surface area contributed by atoms with Crippen molar-refractivity contribution in [3.8, 4) is 0 Å². The number of rotatable bonds is 7. The lowest BCUT2D eigenvalue weighted by molar-refractivity contribution is -0.138. The molecule has 8 heteroatoms. The molecule has 0 aliphatic carbocycles. The molecule has 2 aliphatic rings. The summed E-state index contributed by atoms with van der Waals surface area (Å²) >= 11 is 0. The van der Waals surface area contributed by atoms with E-state index in [4.69, 9.17) is 5.73 Å². The lowest BCUT2D eigenvalue weighted by Gasteiger charge is -2.24. The Morgan fingerprint density at radius 3 is 2.42 bits per heavy atom. The average Bonchev–Trinajstić information content (AvgIpc) is 3.23. The molecule has 0 aromatic heterocycles. The fourth-order valence-electron chi connectivity index (χ4n) is 3.40. The number of aldehydes is 1. The minimum absolute atomic E-state index is 0.0999. The molecule has 2 saturated heterocycles. The lowest BCUT2D eigenvalue weighted by Crippen LogP contribution is -2.47. The molecule has 2 rings (SSSR count). The molecule has 2 aliphatic heterocycles. The van der Waals surface area contributed by atoms with Gasteiger partial charge in [-0.2, -0.15) is 0 Å². The molecule has 0 unspecified atom stereocenters. The summed E-state index contributed by atoms with van der Waals surface area (Å²) in [6.07, 6.45) is 4.19. The van der Waals surface area contributed by atoms with E-state index in [1.54, 1.807) is 9.80 Å². The minimum Gasteiger partial charge on any atom is -0.354 e. The Morgan fingerprint density at radius 2 is 1.71 bits per heavy atom. The fraction of sp³-hybridized carbons (Fsp3) is 0.750. The standard InChI is InChI=1S/C16H26N4O4/c17-7-5-14(22)20-10-2-4-13(20)16(24)18-8-6-15(23)19-9-1-3-12(19)11-21/h11-13H,1-10,17H2,(H,18,24)/t12-,13-/m0/s1. The van der Waals surface area contributed by atoms with Crippen LogP contribution >= 0.6 is 0 Å². The number of nitrogens with one attached hydrogen (secondary N) is 1. The van der Waals surface area contributed by atoms with E-state index >= 15 is 0 Å². The van der Waals surface area contributed by atoms with Gasteiger partial charge in [-0.3, -0.25) is 14.4 Å². The zero-order valence-electron chi connectivity index (χ0n) is 13.9. The van der Waals surface area contributed by atoms with Gasteiger partial charge < -0.3 is 25.6 Å². The first-order chi connectivity index (χ1) is 11.6. The summed E-state index contributed by atoms with van der Waals surface area (Å²) in [5, 5.41) is 2.74.